The highest BCUT2D eigenvalue weighted by molar-refractivity contribution is 6.01. The second-order valence-corrected chi connectivity index (χ2v) is 4.83. The summed E-state index contributed by atoms with van der Waals surface area (Å²) in [5, 5.41) is 9.88. The molecule has 0 spiro atoms. The van der Waals surface area contributed by atoms with Crippen LogP contribution in [0.5, 0.6) is 0 Å². The fourth-order valence-corrected chi connectivity index (χ4v) is 2.03. The van der Waals surface area contributed by atoms with Gasteiger partial charge in [-0.05, 0) is 17.7 Å². The highest BCUT2D eigenvalue weighted by Gasteiger charge is 2.47. The molecule has 1 atom stereocenters. The smallest absolute Gasteiger partial charge is 0.339 e. The van der Waals surface area contributed by atoms with Crippen molar-refractivity contribution in [2.45, 2.75) is 12.0 Å². The Bertz CT molecular complexity index is 696. The first-order valence-corrected chi connectivity index (χ1v) is 6.72. The molecule has 0 saturated carbocycles. The van der Waals surface area contributed by atoms with Crippen LogP contribution in [0.3, 0.4) is 0 Å². The molecule has 0 aliphatic heterocycles. The number of esters is 1. The first-order valence-electron chi connectivity index (χ1n) is 6.72. The third kappa shape index (κ3) is 3.43. The quantitative estimate of drug-likeness (QED) is 0.679. The Labute approximate surface area is 131 Å². The van der Waals surface area contributed by atoms with E-state index in [1.807, 2.05) is 0 Å². The molecule has 0 amide bonds. The second-order valence-electron chi connectivity index (χ2n) is 4.83. The Balaban J connectivity index is 2.25. The Hall–Kier alpha value is -2.60. The lowest BCUT2D eigenvalue weighted by atomic mass is 9.95. The van der Waals surface area contributed by atoms with Crippen LogP contribution in [0, 0.1) is 0 Å². The number of Topliss-reactive ketones (excluding diaryl/α,β-unsaturated/α-hetero) is 1. The van der Waals surface area contributed by atoms with Crippen LogP contribution in [0.15, 0.2) is 54.6 Å². The van der Waals surface area contributed by atoms with Crippen molar-refractivity contribution < 1.29 is 28.2 Å². The normalized spacial score (nSPS) is 12.5. The van der Waals surface area contributed by atoms with E-state index >= 15 is 0 Å². The summed E-state index contributed by atoms with van der Waals surface area (Å²) in [6.07, 6.45) is -2.32. The van der Waals surface area contributed by atoms with E-state index in [2.05, 4.69) is 4.74 Å². The van der Waals surface area contributed by atoms with Crippen molar-refractivity contribution in [3.63, 3.8) is 0 Å². The summed E-state index contributed by atoms with van der Waals surface area (Å²) in [6, 6.07) is 11.8. The van der Waals surface area contributed by atoms with Gasteiger partial charge in [-0.1, -0.05) is 42.5 Å². The SMILES string of the molecule is COC(=O)c1ccc([C@H](O)C(F)(F)C(=O)c2ccccc2)cc1. The van der Waals surface area contributed by atoms with E-state index in [-0.39, 0.29) is 16.7 Å². The predicted molar refractivity (Wildman–Crippen MR) is 78.5 cm³/mol. The molecule has 0 aliphatic carbocycles. The molecule has 0 radical (unpaired) electrons. The molecule has 0 heterocycles. The molecule has 0 unspecified atom stereocenters. The van der Waals surface area contributed by atoms with Crippen molar-refractivity contribution in [1.29, 1.82) is 0 Å². The number of methoxy groups -OCH3 is 1. The lowest BCUT2D eigenvalue weighted by Gasteiger charge is -2.21. The fourth-order valence-electron chi connectivity index (χ4n) is 2.03. The molecule has 2 aromatic carbocycles. The number of carbonyl (C=O) groups is 2. The van der Waals surface area contributed by atoms with Gasteiger partial charge in [-0.15, -0.1) is 0 Å². The largest absolute Gasteiger partial charge is 0.465 e. The summed E-state index contributed by atoms with van der Waals surface area (Å²) >= 11 is 0. The average Bonchev–Trinajstić information content (AvgIpc) is 2.60. The minimum atomic E-state index is -3.99. The minimum absolute atomic E-state index is 0.154. The van der Waals surface area contributed by atoms with Gasteiger partial charge in [0.25, 0.3) is 0 Å². The Morgan fingerprint density at radius 3 is 2.09 bits per heavy atom. The first kappa shape index (κ1) is 16.8. The Morgan fingerprint density at radius 1 is 1.00 bits per heavy atom. The average molecular weight is 320 g/mol. The molecule has 0 saturated heterocycles. The van der Waals surface area contributed by atoms with Crippen molar-refractivity contribution in [1.82, 2.24) is 0 Å². The van der Waals surface area contributed by atoms with Gasteiger partial charge in [0.05, 0.1) is 12.7 Å². The van der Waals surface area contributed by atoms with Gasteiger partial charge in [0, 0.05) is 5.56 Å². The van der Waals surface area contributed by atoms with Crippen LogP contribution >= 0.6 is 0 Å². The van der Waals surface area contributed by atoms with Crippen LogP contribution < -0.4 is 0 Å². The third-order valence-corrected chi connectivity index (χ3v) is 3.33. The first-order chi connectivity index (χ1) is 10.9. The molecule has 4 nitrogen and oxygen atoms in total. The van der Waals surface area contributed by atoms with E-state index < -0.39 is 23.8 Å². The zero-order valence-corrected chi connectivity index (χ0v) is 12.2. The van der Waals surface area contributed by atoms with Crippen LogP contribution in [0.2, 0.25) is 0 Å². The number of benzene rings is 2. The Kier molecular flexibility index (Phi) is 4.86. The van der Waals surface area contributed by atoms with Crippen molar-refractivity contribution in [3.8, 4) is 0 Å². The number of halogens is 2. The highest BCUT2D eigenvalue weighted by Crippen LogP contribution is 2.34. The van der Waals surface area contributed by atoms with Crippen molar-refractivity contribution in [2.75, 3.05) is 7.11 Å². The van der Waals surface area contributed by atoms with E-state index in [4.69, 9.17) is 0 Å². The standard InChI is InChI=1S/C17H14F2O4/c1-23-16(22)13-9-7-12(8-10-13)15(21)17(18,19)14(20)11-5-3-2-4-6-11/h2-10,15,21H,1H3/t15-/m0/s1. The zero-order chi connectivity index (χ0) is 17.0. The maximum absolute atomic E-state index is 14.2. The molecule has 2 aromatic rings. The van der Waals surface area contributed by atoms with E-state index in [0.29, 0.717) is 0 Å². The van der Waals surface area contributed by atoms with Crippen molar-refractivity contribution in [3.05, 3.63) is 71.3 Å². The van der Waals surface area contributed by atoms with Crippen LogP contribution in [-0.2, 0) is 4.74 Å². The maximum atomic E-state index is 14.2. The number of aliphatic hydroxyl groups excluding tert-OH is 1. The topological polar surface area (TPSA) is 63.6 Å². The summed E-state index contributed by atoms with van der Waals surface area (Å²) in [6.45, 7) is 0. The predicted octanol–water partition coefficient (Wildman–Crippen LogP) is 3.02. The summed E-state index contributed by atoms with van der Waals surface area (Å²) in [4.78, 5) is 23.2. The molecule has 0 bridgehead atoms. The van der Waals surface area contributed by atoms with Gasteiger partial charge in [-0.25, -0.2) is 4.79 Å². The molecule has 120 valence electrons. The molecule has 6 heteroatoms. The lowest BCUT2D eigenvalue weighted by molar-refractivity contribution is -0.0792. The lowest BCUT2D eigenvalue weighted by Crippen LogP contribution is -2.35. The van der Waals surface area contributed by atoms with E-state index in [1.54, 1.807) is 6.07 Å². The summed E-state index contributed by atoms with van der Waals surface area (Å²) < 4.78 is 32.9. The molecule has 2 rings (SSSR count). The molecule has 0 aromatic heterocycles. The molecule has 0 aliphatic rings. The zero-order valence-electron chi connectivity index (χ0n) is 12.2. The monoisotopic (exact) mass is 320 g/mol. The summed E-state index contributed by atoms with van der Waals surface area (Å²) in [5.41, 5.74) is -0.212. The van der Waals surface area contributed by atoms with Gasteiger partial charge in [-0.3, -0.25) is 4.79 Å². The van der Waals surface area contributed by atoms with Gasteiger partial charge in [0.15, 0.2) is 6.10 Å². The molecular weight excluding hydrogens is 306 g/mol. The van der Waals surface area contributed by atoms with Crippen LogP contribution in [-0.4, -0.2) is 29.9 Å². The van der Waals surface area contributed by atoms with Gasteiger partial charge in [0.1, 0.15) is 0 Å². The number of hydrogen-bond acceptors (Lipinski definition) is 4. The number of carbonyl (C=O) groups excluding carboxylic acids is 2. The summed E-state index contributed by atoms with van der Waals surface area (Å²) in [7, 11) is 1.19. The molecular formula is C17H14F2O4. The van der Waals surface area contributed by atoms with E-state index in [9.17, 15) is 23.5 Å². The van der Waals surface area contributed by atoms with Gasteiger partial charge < -0.3 is 9.84 Å². The molecule has 23 heavy (non-hydrogen) atoms. The number of rotatable bonds is 5. The number of hydrogen-bond donors (Lipinski definition) is 1. The van der Waals surface area contributed by atoms with Gasteiger partial charge in [-0.2, -0.15) is 8.78 Å². The van der Waals surface area contributed by atoms with E-state index in [0.717, 1.165) is 12.1 Å². The number of ketones is 1. The van der Waals surface area contributed by atoms with Crippen molar-refractivity contribution >= 4 is 11.8 Å². The molecule has 1 N–H and O–H groups in total. The number of aliphatic hydroxyl groups is 1. The summed E-state index contributed by atoms with van der Waals surface area (Å²) in [5.74, 6) is -6.09. The van der Waals surface area contributed by atoms with Crippen LogP contribution in [0.25, 0.3) is 0 Å². The van der Waals surface area contributed by atoms with Crippen LogP contribution in [0.1, 0.15) is 32.4 Å². The second kappa shape index (κ2) is 6.66. The minimum Gasteiger partial charge on any atom is -0.465 e. The Morgan fingerprint density at radius 2 is 1.57 bits per heavy atom. The van der Waals surface area contributed by atoms with Crippen LogP contribution in [0.4, 0.5) is 8.78 Å². The molecule has 0 fully saturated rings. The van der Waals surface area contributed by atoms with Gasteiger partial charge in [0.2, 0.25) is 5.78 Å². The number of alkyl halides is 2. The van der Waals surface area contributed by atoms with E-state index in [1.165, 1.54) is 43.5 Å². The fraction of sp³-hybridized carbons (Fsp3) is 0.176. The number of ether oxygens (including phenoxy) is 1. The van der Waals surface area contributed by atoms with Gasteiger partial charge >= 0.3 is 11.9 Å². The third-order valence-electron chi connectivity index (χ3n) is 3.33. The van der Waals surface area contributed by atoms with Crippen molar-refractivity contribution in [2.24, 2.45) is 0 Å². The maximum Gasteiger partial charge on any atom is 0.339 e. The highest BCUT2D eigenvalue weighted by atomic mass is 19.3.